The Bertz CT molecular complexity index is 421. The molecule has 0 aliphatic heterocycles. The highest BCUT2D eigenvalue weighted by molar-refractivity contribution is 7.97. The fourth-order valence-electron chi connectivity index (χ4n) is 2.83. The van der Waals surface area contributed by atoms with Crippen molar-refractivity contribution >= 4 is 26.8 Å². The quantitative estimate of drug-likeness (QED) is 0.365. The SMILES string of the molecule is CCCCS(=O)(=O)[O-].CCCC[S+](CCCC)CC(=O)C1CCCC1. The van der Waals surface area contributed by atoms with Crippen molar-refractivity contribution in [3.05, 3.63) is 0 Å². The van der Waals surface area contributed by atoms with E-state index in [1.807, 2.05) is 6.92 Å². The monoisotopic (exact) mass is 394 g/mol. The summed E-state index contributed by atoms with van der Waals surface area (Å²) >= 11 is 0. The van der Waals surface area contributed by atoms with Gasteiger partial charge in [-0.15, -0.1) is 0 Å². The molecule has 0 saturated heterocycles. The van der Waals surface area contributed by atoms with E-state index >= 15 is 0 Å². The predicted octanol–water partition coefficient (Wildman–Crippen LogP) is 4.30. The molecule has 1 aliphatic rings. The molecular weight excluding hydrogens is 356 g/mol. The van der Waals surface area contributed by atoms with E-state index in [1.165, 1.54) is 62.9 Å². The first kappa shape index (κ1) is 24.9. The summed E-state index contributed by atoms with van der Waals surface area (Å²) in [5, 5.41) is 0. The summed E-state index contributed by atoms with van der Waals surface area (Å²) in [5.41, 5.74) is 0. The molecule has 4 nitrogen and oxygen atoms in total. The van der Waals surface area contributed by atoms with E-state index in [1.54, 1.807) is 0 Å². The molecule has 25 heavy (non-hydrogen) atoms. The summed E-state index contributed by atoms with van der Waals surface area (Å²) in [6, 6.07) is 0. The highest BCUT2D eigenvalue weighted by atomic mass is 32.2. The minimum Gasteiger partial charge on any atom is -0.748 e. The van der Waals surface area contributed by atoms with Crippen LogP contribution in [0.1, 0.15) is 85.0 Å². The summed E-state index contributed by atoms with van der Waals surface area (Å²) in [6.45, 7) is 6.34. The van der Waals surface area contributed by atoms with Gasteiger partial charge in [0.2, 0.25) is 0 Å². The fourth-order valence-corrected chi connectivity index (χ4v) is 6.00. The van der Waals surface area contributed by atoms with Crippen LogP contribution in [0.15, 0.2) is 0 Å². The van der Waals surface area contributed by atoms with E-state index in [0.29, 0.717) is 29.0 Å². The Labute approximate surface area is 158 Å². The molecule has 1 saturated carbocycles. The molecule has 0 N–H and O–H groups in total. The Morgan fingerprint density at radius 2 is 1.44 bits per heavy atom. The molecule has 1 rings (SSSR count). The van der Waals surface area contributed by atoms with Gasteiger partial charge >= 0.3 is 0 Å². The molecule has 0 aromatic rings. The van der Waals surface area contributed by atoms with E-state index in [2.05, 4.69) is 13.8 Å². The lowest BCUT2D eigenvalue weighted by Gasteiger charge is -2.10. The van der Waals surface area contributed by atoms with E-state index < -0.39 is 10.1 Å². The van der Waals surface area contributed by atoms with Gasteiger partial charge in [-0.3, -0.25) is 4.79 Å². The van der Waals surface area contributed by atoms with Gasteiger partial charge in [-0.1, -0.05) is 52.9 Å². The maximum atomic E-state index is 12.2. The molecule has 0 radical (unpaired) electrons. The Morgan fingerprint density at radius 3 is 1.80 bits per heavy atom. The van der Waals surface area contributed by atoms with E-state index in [-0.39, 0.29) is 5.75 Å². The van der Waals surface area contributed by atoms with Gasteiger partial charge in [0.1, 0.15) is 11.5 Å². The maximum absolute atomic E-state index is 12.2. The largest absolute Gasteiger partial charge is 0.748 e. The minimum atomic E-state index is -3.94. The third-order valence-corrected chi connectivity index (χ3v) is 7.69. The van der Waals surface area contributed by atoms with Crippen LogP contribution in [0, 0.1) is 5.92 Å². The highest BCUT2D eigenvalue weighted by Crippen LogP contribution is 2.26. The molecule has 150 valence electrons. The molecule has 0 unspecified atom stereocenters. The van der Waals surface area contributed by atoms with Gasteiger partial charge in [0.25, 0.3) is 0 Å². The lowest BCUT2D eigenvalue weighted by Crippen LogP contribution is -2.26. The second-order valence-corrected chi connectivity index (χ2v) is 10.8. The van der Waals surface area contributed by atoms with E-state index in [0.717, 1.165) is 12.2 Å². The normalized spacial score (nSPS) is 15.2. The van der Waals surface area contributed by atoms with Gasteiger partial charge in [0.05, 0.1) is 10.1 Å². The van der Waals surface area contributed by atoms with Crippen molar-refractivity contribution in [1.29, 1.82) is 0 Å². The van der Waals surface area contributed by atoms with E-state index in [9.17, 15) is 17.8 Å². The van der Waals surface area contributed by atoms with Gasteiger partial charge in [-0.2, -0.15) is 0 Å². The summed E-state index contributed by atoms with van der Waals surface area (Å²) in [6.07, 6.45) is 11.3. The average Bonchev–Trinajstić information content (AvgIpc) is 3.10. The van der Waals surface area contributed by atoms with Crippen LogP contribution in [-0.2, 0) is 25.8 Å². The maximum Gasteiger partial charge on any atom is 0.184 e. The lowest BCUT2D eigenvalue weighted by atomic mass is 10.0. The van der Waals surface area contributed by atoms with Crippen LogP contribution in [0.2, 0.25) is 0 Å². The Hall–Kier alpha value is -0.0700. The van der Waals surface area contributed by atoms with Crippen molar-refractivity contribution in [2.24, 2.45) is 5.92 Å². The van der Waals surface area contributed by atoms with Crippen molar-refractivity contribution in [1.82, 2.24) is 0 Å². The van der Waals surface area contributed by atoms with Crippen LogP contribution in [0.25, 0.3) is 0 Å². The average molecular weight is 395 g/mol. The Balaban J connectivity index is 0.000000609. The summed E-state index contributed by atoms with van der Waals surface area (Å²) in [7, 11) is -3.54. The number of rotatable bonds is 12. The lowest BCUT2D eigenvalue weighted by molar-refractivity contribution is -0.120. The molecule has 0 atom stereocenters. The molecule has 6 heteroatoms. The predicted molar refractivity (Wildman–Crippen MR) is 108 cm³/mol. The molecule has 0 heterocycles. The third kappa shape index (κ3) is 14.8. The van der Waals surface area contributed by atoms with Crippen LogP contribution in [0.3, 0.4) is 0 Å². The second kappa shape index (κ2) is 15.0. The zero-order valence-corrected chi connectivity index (χ0v) is 18.1. The minimum absolute atomic E-state index is 0.219. The highest BCUT2D eigenvalue weighted by Gasteiger charge is 2.29. The molecule has 1 aliphatic carbocycles. The first-order valence-electron chi connectivity index (χ1n) is 9.94. The van der Waals surface area contributed by atoms with Crippen molar-refractivity contribution in [2.45, 2.75) is 85.0 Å². The molecule has 0 aromatic carbocycles. The zero-order valence-electron chi connectivity index (χ0n) is 16.4. The van der Waals surface area contributed by atoms with Crippen molar-refractivity contribution in [3.63, 3.8) is 0 Å². The van der Waals surface area contributed by atoms with Crippen LogP contribution in [-0.4, -0.2) is 41.8 Å². The van der Waals surface area contributed by atoms with Crippen molar-refractivity contribution in [3.8, 4) is 0 Å². The van der Waals surface area contributed by atoms with Gasteiger partial charge < -0.3 is 4.55 Å². The van der Waals surface area contributed by atoms with E-state index in [4.69, 9.17) is 0 Å². The topological polar surface area (TPSA) is 74.3 Å². The molecule has 1 fully saturated rings. The first-order chi connectivity index (χ1) is 11.8. The summed E-state index contributed by atoms with van der Waals surface area (Å²) < 4.78 is 29.5. The smallest absolute Gasteiger partial charge is 0.184 e. The van der Waals surface area contributed by atoms with Crippen molar-refractivity contribution in [2.75, 3.05) is 23.0 Å². The zero-order chi connectivity index (χ0) is 19.1. The molecule has 0 aromatic heterocycles. The third-order valence-electron chi connectivity index (χ3n) is 4.48. The molecule has 0 spiro atoms. The van der Waals surface area contributed by atoms with Crippen molar-refractivity contribution < 1.29 is 17.8 Å². The molecule has 0 bridgehead atoms. The van der Waals surface area contributed by atoms with Gasteiger partial charge in [-0.25, -0.2) is 8.42 Å². The number of ketones is 1. The standard InChI is InChI=1S/C15H29OS.C4H10O3S/c1-3-5-11-17(12-6-4-2)13-15(16)14-9-7-8-10-14;1-2-3-4-8(5,6)7/h14H,3-13H2,1-2H3;2-4H2,1H3,(H,5,6,7)/q+1;/p-1. The summed E-state index contributed by atoms with van der Waals surface area (Å²) in [5.74, 6) is 4.32. The Kier molecular flexibility index (Phi) is 15.0. The van der Waals surface area contributed by atoms with Gasteiger partial charge in [0.15, 0.2) is 11.5 Å². The number of hydrogen-bond acceptors (Lipinski definition) is 4. The Morgan fingerprint density at radius 1 is 0.960 bits per heavy atom. The van der Waals surface area contributed by atoms with Gasteiger partial charge in [0, 0.05) is 11.7 Å². The van der Waals surface area contributed by atoms with Crippen LogP contribution < -0.4 is 0 Å². The first-order valence-corrected chi connectivity index (χ1v) is 13.2. The van der Waals surface area contributed by atoms with Crippen LogP contribution in [0.4, 0.5) is 0 Å². The fraction of sp³-hybridized carbons (Fsp3) is 0.947. The second-order valence-electron chi connectivity index (χ2n) is 6.94. The summed E-state index contributed by atoms with van der Waals surface area (Å²) in [4.78, 5) is 12.2. The number of carbonyl (C=O) groups is 1. The number of hydrogen-bond donors (Lipinski definition) is 0. The van der Waals surface area contributed by atoms with Gasteiger partial charge in [-0.05, 0) is 43.0 Å². The van der Waals surface area contributed by atoms with Crippen LogP contribution in [0.5, 0.6) is 0 Å². The number of carbonyl (C=O) groups excluding carboxylic acids is 1. The molecular formula is C19H38O4S2. The number of unbranched alkanes of at least 4 members (excludes halogenated alkanes) is 3. The molecule has 0 amide bonds. The van der Waals surface area contributed by atoms with Crippen LogP contribution >= 0.6 is 0 Å². The number of Topliss-reactive ketones (excluding diaryl/α,β-unsaturated/α-hetero) is 1.